The van der Waals surface area contributed by atoms with Crippen molar-refractivity contribution in [3.63, 3.8) is 0 Å². The van der Waals surface area contributed by atoms with Gasteiger partial charge in [0.2, 0.25) is 0 Å². The van der Waals surface area contributed by atoms with Crippen molar-refractivity contribution >= 4 is 23.8 Å². The van der Waals surface area contributed by atoms with Crippen LogP contribution < -0.4 is 0 Å². The minimum Gasteiger partial charge on any atom is -0.379 e. The Labute approximate surface area is 134 Å². The van der Waals surface area contributed by atoms with Crippen LogP contribution in [0, 0.1) is 0 Å². The molecule has 4 N–H and O–H groups in total. The van der Waals surface area contributed by atoms with Gasteiger partial charge in [0.25, 0.3) is 11.8 Å². The number of hydrogen-bond acceptors (Lipinski definition) is 10. The molecular formula is C12H16N2O10. The van der Waals surface area contributed by atoms with Gasteiger partial charge in [-0.25, -0.2) is 9.59 Å². The summed E-state index contributed by atoms with van der Waals surface area (Å²) in [6.45, 7) is 0. The van der Waals surface area contributed by atoms with Crippen LogP contribution in [0.4, 0.5) is 0 Å². The van der Waals surface area contributed by atoms with E-state index in [0.717, 1.165) is 0 Å². The molecule has 2 rings (SSSR count). The Bertz CT molecular complexity index is 504. The molecular weight excluding hydrogens is 332 g/mol. The van der Waals surface area contributed by atoms with E-state index in [9.17, 15) is 39.6 Å². The molecule has 0 spiro atoms. The van der Waals surface area contributed by atoms with Gasteiger partial charge >= 0.3 is 11.9 Å². The highest BCUT2D eigenvalue weighted by Gasteiger charge is 2.41. The topological polar surface area (TPSA) is 174 Å². The normalized spacial score (nSPS) is 26.5. The van der Waals surface area contributed by atoms with Gasteiger partial charge in [0.05, 0.1) is 0 Å². The Balaban J connectivity index is 1.91. The minimum atomic E-state index is -2.44. The predicted octanol–water partition coefficient (Wildman–Crippen LogP) is -3.49. The van der Waals surface area contributed by atoms with Crippen molar-refractivity contribution in [1.29, 1.82) is 0 Å². The molecule has 0 aromatic rings. The quantitative estimate of drug-likeness (QED) is 0.390. The molecule has 4 unspecified atom stereocenters. The fourth-order valence-corrected chi connectivity index (χ4v) is 2.08. The zero-order valence-corrected chi connectivity index (χ0v) is 12.3. The first-order chi connectivity index (χ1) is 11.2. The van der Waals surface area contributed by atoms with Crippen molar-refractivity contribution in [2.24, 2.45) is 0 Å². The summed E-state index contributed by atoms with van der Waals surface area (Å²) in [5.74, 6) is -4.60. The molecule has 12 heteroatoms. The van der Waals surface area contributed by atoms with E-state index in [-0.39, 0.29) is 25.7 Å². The summed E-state index contributed by atoms with van der Waals surface area (Å²) in [6.07, 6.45) is -7.79. The molecule has 134 valence electrons. The number of hydrogen-bond donors (Lipinski definition) is 4. The minimum absolute atomic E-state index is 0.0156. The number of amides is 2. The van der Waals surface area contributed by atoms with E-state index in [4.69, 9.17) is 0 Å². The van der Waals surface area contributed by atoms with Gasteiger partial charge in [-0.15, -0.1) is 10.1 Å². The summed E-state index contributed by atoms with van der Waals surface area (Å²) in [6, 6.07) is 0. The number of rotatable bonds is 5. The number of carbonyl (C=O) groups excluding carboxylic acids is 4. The first kappa shape index (κ1) is 18.1. The third kappa shape index (κ3) is 3.62. The highest BCUT2D eigenvalue weighted by Crippen LogP contribution is 2.19. The summed E-state index contributed by atoms with van der Waals surface area (Å²) >= 11 is 0. The van der Waals surface area contributed by atoms with Crippen LogP contribution in [0.1, 0.15) is 25.7 Å². The maximum atomic E-state index is 11.6. The number of nitrogens with zero attached hydrogens (tertiary/aromatic N) is 2. The van der Waals surface area contributed by atoms with Crippen LogP contribution in [-0.4, -0.2) is 79.0 Å². The lowest BCUT2D eigenvalue weighted by molar-refractivity contribution is -0.239. The van der Waals surface area contributed by atoms with Crippen molar-refractivity contribution in [2.75, 3.05) is 0 Å². The zero-order valence-electron chi connectivity index (χ0n) is 12.3. The molecule has 2 heterocycles. The molecule has 2 fully saturated rings. The second-order valence-corrected chi connectivity index (χ2v) is 5.19. The molecule has 2 aliphatic heterocycles. The van der Waals surface area contributed by atoms with E-state index < -0.39 is 48.4 Å². The molecule has 0 radical (unpaired) electrons. The van der Waals surface area contributed by atoms with Crippen LogP contribution in [-0.2, 0) is 28.9 Å². The smallest absolute Gasteiger partial charge is 0.364 e. The Morgan fingerprint density at radius 1 is 0.875 bits per heavy atom. The summed E-state index contributed by atoms with van der Waals surface area (Å²) in [4.78, 5) is 54.8. The fourth-order valence-electron chi connectivity index (χ4n) is 2.08. The van der Waals surface area contributed by atoms with Gasteiger partial charge in [-0.05, 0) is 0 Å². The van der Waals surface area contributed by atoms with Crippen molar-refractivity contribution in [3.05, 3.63) is 0 Å². The third-order valence-corrected chi connectivity index (χ3v) is 3.42. The summed E-state index contributed by atoms with van der Waals surface area (Å²) in [5.41, 5.74) is 0. The molecule has 0 aliphatic carbocycles. The van der Waals surface area contributed by atoms with Gasteiger partial charge < -0.3 is 30.1 Å². The van der Waals surface area contributed by atoms with Gasteiger partial charge in [0, 0.05) is 25.7 Å². The first-order valence-corrected chi connectivity index (χ1v) is 7.02. The van der Waals surface area contributed by atoms with Crippen molar-refractivity contribution < 1.29 is 49.3 Å². The highest BCUT2D eigenvalue weighted by molar-refractivity contribution is 5.87. The molecule has 12 nitrogen and oxygen atoms in total. The lowest BCUT2D eigenvalue weighted by Crippen LogP contribution is -2.48. The summed E-state index contributed by atoms with van der Waals surface area (Å²) in [7, 11) is 0. The maximum Gasteiger partial charge on any atom is 0.364 e. The Morgan fingerprint density at radius 3 is 1.46 bits per heavy atom. The summed E-state index contributed by atoms with van der Waals surface area (Å²) in [5, 5.41) is 38.6. The Morgan fingerprint density at radius 2 is 1.21 bits per heavy atom. The van der Waals surface area contributed by atoms with Gasteiger partial charge in [0.1, 0.15) is 0 Å². The standard InChI is InChI=1S/C12H16N2O10/c15-5-1-2-6(16)13(5)23-11(21)9(19)10(20)12(22)24-14-7(17)3-4-8(14)18/h5,7,9-10,15,17,19-20H,1-4H2. The molecule has 2 aliphatic rings. The van der Waals surface area contributed by atoms with Crippen molar-refractivity contribution in [2.45, 2.75) is 50.3 Å². The largest absolute Gasteiger partial charge is 0.379 e. The molecule has 2 amide bonds. The zero-order chi connectivity index (χ0) is 18.0. The van der Waals surface area contributed by atoms with Crippen LogP contribution >= 0.6 is 0 Å². The van der Waals surface area contributed by atoms with Crippen LogP contribution in [0.25, 0.3) is 0 Å². The van der Waals surface area contributed by atoms with Gasteiger partial charge in [0.15, 0.2) is 24.7 Å². The maximum absolute atomic E-state index is 11.6. The molecule has 0 aromatic heterocycles. The van der Waals surface area contributed by atoms with E-state index in [0.29, 0.717) is 10.1 Å². The monoisotopic (exact) mass is 348 g/mol. The molecule has 0 saturated carbocycles. The lowest BCUT2D eigenvalue weighted by Gasteiger charge is -2.23. The van der Waals surface area contributed by atoms with E-state index in [1.807, 2.05) is 0 Å². The first-order valence-electron chi connectivity index (χ1n) is 7.02. The molecule has 24 heavy (non-hydrogen) atoms. The molecule has 0 aromatic carbocycles. The lowest BCUT2D eigenvalue weighted by atomic mass is 10.2. The molecule has 2 saturated heterocycles. The predicted molar refractivity (Wildman–Crippen MR) is 68.4 cm³/mol. The number of aliphatic hydroxyl groups is 4. The number of carbonyl (C=O) groups is 4. The Kier molecular flexibility index (Phi) is 5.33. The van der Waals surface area contributed by atoms with Crippen LogP contribution in [0.15, 0.2) is 0 Å². The van der Waals surface area contributed by atoms with Crippen LogP contribution in [0.3, 0.4) is 0 Å². The summed E-state index contributed by atoms with van der Waals surface area (Å²) < 4.78 is 0. The van der Waals surface area contributed by atoms with E-state index in [1.165, 1.54) is 0 Å². The van der Waals surface area contributed by atoms with E-state index in [2.05, 4.69) is 9.68 Å². The second kappa shape index (κ2) is 7.09. The number of hydroxylamine groups is 4. The van der Waals surface area contributed by atoms with Gasteiger partial charge in [-0.2, -0.15) is 0 Å². The number of aliphatic hydroxyl groups excluding tert-OH is 4. The van der Waals surface area contributed by atoms with Crippen molar-refractivity contribution in [3.8, 4) is 0 Å². The second-order valence-electron chi connectivity index (χ2n) is 5.19. The third-order valence-electron chi connectivity index (χ3n) is 3.42. The van der Waals surface area contributed by atoms with Crippen LogP contribution in [0.2, 0.25) is 0 Å². The van der Waals surface area contributed by atoms with Gasteiger partial charge in [-0.1, -0.05) is 0 Å². The molecule has 0 bridgehead atoms. The van der Waals surface area contributed by atoms with Gasteiger partial charge in [-0.3, -0.25) is 9.59 Å². The van der Waals surface area contributed by atoms with Crippen molar-refractivity contribution in [1.82, 2.24) is 10.1 Å². The van der Waals surface area contributed by atoms with E-state index in [1.54, 1.807) is 0 Å². The average Bonchev–Trinajstić information content (AvgIpc) is 3.03. The van der Waals surface area contributed by atoms with E-state index >= 15 is 0 Å². The molecule has 4 atom stereocenters. The van der Waals surface area contributed by atoms with Crippen LogP contribution in [0.5, 0.6) is 0 Å². The Hall–Kier alpha value is -2.28. The fraction of sp³-hybridized carbons (Fsp3) is 0.667. The average molecular weight is 348 g/mol. The SMILES string of the molecule is O=C(ON1C(=O)CCC1O)C(O)C(O)C(=O)ON1C(=O)CCC1O. The highest BCUT2D eigenvalue weighted by atomic mass is 16.7.